The van der Waals surface area contributed by atoms with Crippen LogP contribution in [0.15, 0.2) is 24.4 Å². The molecule has 1 aromatic rings. The SMILES string of the molecule is Br.BrCC(Br)c1ccccn1. The van der Waals surface area contributed by atoms with Crippen molar-refractivity contribution in [2.75, 3.05) is 5.33 Å². The van der Waals surface area contributed by atoms with Gasteiger partial charge in [0.2, 0.25) is 0 Å². The van der Waals surface area contributed by atoms with E-state index in [2.05, 4.69) is 36.8 Å². The van der Waals surface area contributed by atoms with E-state index in [0.717, 1.165) is 11.0 Å². The topological polar surface area (TPSA) is 12.9 Å². The van der Waals surface area contributed by atoms with Gasteiger partial charge in [-0.05, 0) is 12.1 Å². The van der Waals surface area contributed by atoms with E-state index in [1.54, 1.807) is 6.20 Å². The molecule has 1 heterocycles. The number of rotatable bonds is 2. The Morgan fingerprint density at radius 1 is 1.45 bits per heavy atom. The summed E-state index contributed by atoms with van der Waals surface area (Å²) < 4.78 is 0. The van der Waals surface area contributed by atoms with E-state index in [1.165, 1.54) is 0 Å². The first-order chi connectivity index (χ1) is 4.84. The van der Waals surface area contributed by atoms with Crippen LogP contribution >= 0.6 is 48.8 Å². The first-order valence-electron chi connectivity index (χ1n) is 2.95. The lowest BCUT2D eigenvalue weighted by atomic mass is 10.3. The van der Waals surface area contributed by atoms with Gasteiger partial charge in [-0.15, -0.1) is 17.0 Å². The van der Waals surface area contributed by atoms with Crippen molar-refractivity contribution in [3.8, 4) is 0 Å². The number of halogens is 3. The minimum atomic E-state index is 0. The second-order valence-electron chi connectivity index (χ2n) is 1.88. The largest absolute Gasteiger partial charge is 0.260 e. The van der Waals surface area contributed by atoms with Crippen molar-refractivity contribution in [2.45, 2.75) is 4.83 Å². The lowest BCUT2D eigenvalue weighted by molar-refractivity contribution is 1.04. The molecule has 0 bridgehead atoms. The monoisotopic (exact) mass is 343 g/mol. The van der Waals surface area contributed by atoms with Gasteiger partial charge in [-0.1, -0.05) is 37.9 Å². The van der Waals surface area contributed by atoms with E-state index >= 15 is 0 Å². The molecule has 0 aliphatic carbocycles. The molecule has 1 rings (SSSR count). The van der Waals surface area contributed by atoms with Crippen molar-refractivity contribution >= 4 is 48.8 Å². The van der Waals surface area contributed by atoms with Gasteiger partial charge in [-0.3, -0.25) is 4.98 Å². The quantitative estimate of drug-likeness (QED) is 0.748. The second-order valence-corrected chi connectivity index (χ2v) is 3.63. The summed E-state index contributed by atoms with van der Waals surface area (Å²) in [6.45, 7) is 0. The van der Waals surface area contributed by atoms with Gasteiger partial charge in [-0.2, -0.15) is 0 Å². The summed E-state index contributed by atoms with van der Waals surface area (Å²) in [5.41, 5.74) is 1.07. The Kier molecular flexibility index (Phi) is 6.47. The zero-order valence-corrected chi connectivity index (χ0v) is 10.6. The molecule has 1 nitrogen and oxygen atoms in total. The Balaban J connectivity index is 0.000001000. The van der Waals surface area contributed by atoms with E-state index in [4.69, 9.17) is 0 Å². The molecule has 0 saturated carbocycles. The van der Waals surface area contributed by atoms with Crippen molar-refractivity contribution in [1.82, 2.24) is 4.98 Å². The number of pyridine rings is 1. The molecule has 0 fully saturated rings. The minimum Gasteiger partial charge on any atom is -0.260 e. The van der Waals surface area contributed by atoms with Crippen LogP contribution in [-0.4, -0.2) is 10.3 Å². The van der Waals surface area contributed by atoms with Gasteiger partial charge in [-0.25, -0.2) is 0 Å². The predicted octanol–water partition coefficient (Wildman–Crippen LogP) is 3.49. The number of nitrogens with zero attached hydrogens (tertiary/aromatic N) is 1. The number of hydrogen-bond donors (Lipinski definition) is 0. The second kappa shape index (κ2) is 6.14. The van der Waals surface area contributed by atoms with Crippen molar-refractivity contribution in [3.05, 3.63) is 30.1 Å². The smallest absolute Gasteiger partial charge is 0.0664 e. The molecule has 0 aliphatic heterocycles. The zero-order valence-electron chi connectivity index (χ0n) is 5.71. The highest BCUT2D eigenvalue weighted by molar-refractivity contribution is 9.12. The lowest BCUT2D eigenvalue weighted by Gasteiger charge is -2.02. The third-order valence-corrected chi connectivity index (χ3v) is 3.45. The van der Waals surface area contributed by atoms with Crippen LogP contribution in [0.2, 0.25) is 0 Å². The summed E-state index contributed by atoms with van der Waals surface area (Å²) in [6.07, 6.45) is 1.80. The first kappa shape index (κ1) is 11.6. The molecule has 0 spiro atoms. The maximum atomic E-state index is 4.17. The molecule has 0 amide bonds. The van der Waals surface area contributed by atoms with Gasteiger partial charge in [0.25, 0.3) is 0 Å². The molecule has 0 N–H and O–H groups in total. The third-order valence-electron chi connectivity index (χ3n) is 1.14. The molecule has 11 heavy (non-hydrogen) atoms. The molecule has 1 atom stereocenters. The average molecular weight is 346 g/mol. The molecule has 1 aromatic heterocycles. The highest BCUT2D eigenvalue weighted by Gasteiger charge is 2.03. The summed E-state index contributed by atoms with van der Waals surface area (Å²) >= 11 is 6.84. The van der Waals surface area contributed by atoms with Crippen molar-refractivity contribution < 1.29 is 0 Å². The molecule has 62 valence electrons. The maximum Gasteiger partial charge on any atom is 0.0664 e. The van der Waals surface area contributed by atoms with Gasteiger partial charge >= 0.3 is 0 Å². The van der Waals surface area contributed by atoms with Crippen LogP contribution in [0.3, 0.4) is 0 Å². The first-order valence-corrected chi connectivity index (χ1v) is 4.99. The number of aromatic nitrogens is 1. The molecule has 0 aromatic carbocycles. The predicted molar refractivity (Wildman–Crippen MR) is 60.0 cm³/mol. The standard InChI is InChI=1S/C7H7Br2N.BrH/c8-5-6(9)7-3-1-2-4-10-7;/h1-4,6H,5H2;1H. The fraction of sp³-hybridized carbons (Fsp3) is 0.286. The summed E-state index contributed by atoms with van der Waals surface area (Å²) in [7, 11) is 0. The van der Waals surface area contributed by atoms with Crippen LogP contribution in [0.1, 0.15) is 10.5 Å². The van der Waals surface area contributed by atoms with Crippen LogP contribution in [-0.2, 0) is 0 Å². The molecule has 4 heteroatoms. The van der Waals surface area contributed by atoms with E-state index in [9.17, 15) is 0 Å². The number of hydrogen-bond acceptors (Lipinski definition) is 1. The Hall–Kier alpha value is 0.590. The van der Waals surface area contributed by atoms with Crippen LogP contribution < -0.4 is 0 Å². The van der Waals surface area contributed by atoms with Gasteiger partial charge in [0.05, 0.1) is 10.5 Å². The average Bonchev–Trinajstić information content (AvgIpc) is 2.05. The van der Waals surface area contributed by atoms with Crippen molar-refractivity contribution in [1.29, 1.82) is 0 Å². The molecule has 0 radical (unpaired) electrons. The normalized spacial score (nSPS) is 11.8. The summed E-state index contributed by atoms with van der Waals surface area (Å²) in [4.78, 5) is 4.50. The minimum absolute atomic E-state index is 0. The number of alkyl halides is 2. The fourth-order valence-electron chi connectivity index (χ4n) is 0.640. The summed E-state index contributed by atoms with van der Waals surface area (Å²) in [5.74, 6) is 0. The third kappa shape index (κ3) is 3.67. The van der Waals surface area contributed by atoms with Gasteiger partial charge < -0.3 is 0 Å². The molecule has 0 aliphatic rings. The van der Waals surface area contributed by atoms with Crippen LogP contribution in [0, 0.1) is 0 Å². The maximum absolute atomic E-state index is 4.17. The summed E-state index contributed by atoms with van der Waals surface area (Å²) in [5, 5.41) is 0.893. The Morgan fingerprint density at radius 3 is 2.64 bits per heavy atom. The summed E-state index contributed by atoms with van der Waals surface area (Å²) in [6, 6.07) is 5.90. The molecular formula is C7H8Br3N. The van der Waals surface area contributed by atoms with Crippen LogP contribution in [0.5, 0.6) is 0 Å². The Morgan fingerprint density at radius 2 is 2.18 bits per heavy atom. The highest BCUT2D eigenvalue weighted by Crippen LogP contribution is 2.21. The highest BCUT2D eigenvalue weighted by atomic mass is 79.9. The van der Waals surface area contributed by atoms with E-state index < -0.39 is 0 Å². The lowest BCUT2D eigenvalue weighted by Crippen LogP contribution is -1.92. The molecule has 0 saturated heterocycles. The Bertz CT molecular complexity index is 190. The molecule has 1 unspecified atom stereocenters. The Labute approximate surface area is 93.6 Å². The van der Waals surface area contributed by atoms with Crippen molar-refractivity contribution in [3.63, 3.8) is 0 Å². The van der Waals surface area contributed by atoms with E-state index in [-0.39, 0.29) is 17.0 Å². The van der Waals surface area contributed by atoms with E-state index in [1.807, 2.05) is 18.2 Å². The van der Waals surface area contributed by atoms with Crippen LogP contribution in [0.25, 0.3) is 0 Å². The van der Waals surface area contributed by atoms with Gasteiger partial charge in [0.15, 0.2) is 0 Å². The zero-order chi connectivity index (χ0) is 7.40. The van der Waals surface area contributed by atoms with Gasteiger partial charge in [0, 0.05) is 11.5 Å². The van der Waals surface area contributed by atoms with Gasteiger partial charge in [0.1, 0.15) is 0 Å². The van der Waals surface area contributed by atoms with Crippen molar-refractivity contribution in [2.24, 2.45) is 0 Å². The van der Waals surface area contributed by atoms with E-state index in [0.29, 0.717) is 4.83 Å². The molecular weight excluding hydrogens is 338 g/mol. The fourth-order valence-corrected chi connectivity index (χ4v) is 1.24. The van der Waals surface area contributed by atoms with Crippen LogP contribution in [0.4, 0.5) is 0 Å².